The van der Waals surface area contributed by atoms with E-state index < -0.39 is 16.7 Å². The Kier molecular flexibility index (Phi) is 6.48. The molecule has 200 valence electrons. The largest absolute Gasteiger partial charge is 0.391 e. The highest BCUT2D eigenvalue weighted by atomic mass is 32.3. The molecule has 0 radical (unpaired) electrons. The summed E-state index contributed by atoms with van der Waals surface area (Å²) in [6.07, 6.45) is 0.899. The number of carbonyl (C=O) groups is 2. The van der Waals surface area contributed by atoms with Crippen LogP contribution in [0.2, 0.25) is 0 Å². The highest BCUT2D eigenvalue weighted by molar-refractivity contribution is 8.23. The van der Waals surface area contributed by atoms with Crippen LogP contribution in [0.5, 0.6) is 0 Å². The van der Waals surface area contributed by atoms with Crippen molar-refractivity contribution in [1.82, 2.24) is 19.6 Å². The SMILES string of the molecule is O=C(c1cccc(-n2nc(C(=O)N3CCOCC3)c3c2-c2ccccc2S(O)(O)C3)c1)N1CCCC(O)C1. The topological polar surface area (TPSA) is 128 Å². The average Bonchev–Trinajstić information content (AvgIpc) is 3.31. The van der Waals surface area contributed by atoms with Crippen LogP contribution in [-0.4, -0.2) is 91.1 Å². The van der Waals surface area contributed by atoms with E-state index in [1.807, 2.05) is 12.1 Å². The summed E-state index contributed by atoms with van der Waals surface area (Å²) in [5.74, 6) is -0.576. The number of piperidine rings is 1. The number of carbonyl (C=O) groups excluding carboxylic acids is 2. The van der Waals surface area contributed by atoms with Gasteiger partial charge in [-0.2, -0.15) is 15.7 Å². The monoisotopic (exact) mass is 538 g/mol. The van der Waals surface area contributed by atoms with Crippen molar-refractivity contribution < 1.29 is 28.5 Å². The van der Waals surface area contributed by atoms with Crippen molar-refractivity contribution in [2.75, 3.05) is 39.4 Å². The standard InChI is InChI=1S/C27H30N4O6S/c32-20-7-4-10-30(16-20)26(33)18-5-3-6-19(15-18)31-25-21-8-1-2-9-23(21)38(35,36)17-22(25)24(28-31)27(34)29-11-13-37-14-12-29/h1-3,5-6,8-9,15,20,32,35-36H,4,7,10-14,16-17H2. The second-order valence-electron chi connectivity index (χ2n) is 9.90. The smallest absolute Gasteiger partial charge is 0.274 e. The number of β-amino-alcohol motifs (C(OH)–C–C–N with tert-alkyl or cyclic N) is 1. The van der Waals surface area contributed by atoms with Crippen molar-refractivity contribution in [3.8, 4) is 16.9 Å². The van der Waals surface area contributed by atoms with E-state index in [0.717, 1.165) is 6.42 Å². The van der Waals surface area contributed by atoms with Gasteiger partial charge in [-0.3, -0.25) is 18.7 Å². The second kappa shape index (κ2) is 9.83. The van der Waals surface area contributed by atoms with Crippen LogP contribution < -0.4 is 0 Å². The van der Waals surface area contributed by atoms with E-state index in [4.69, 9.17) is 9.84 Å². The fraction of sp³-hybridized carbons (Fsp3) is 0.370. The Morgan fingerprint density at radius 1 is 0.974 bits per heavy atom. The number of likely N-dealkylation sites (tertiary alicyclic amines) is 1. The van der Waals surface area contributed by atoms with Crippen molar-refractivity contribution in [1.29, 1.82) is 0 Å². The molecule has 3 aliphatic heterocycles. The Morgan fingerprint density at radius 3 is 2.55 bits per heavy atom. The number of aliphatic hydroxyl groups is 1. The maximum Gasteiger partial charge on any atom is 0.274 e. The van der Waals surface area contributed by atoms with E-state index in [-0.39, 0.29) is 23.3 Å². The molecule has 4 heterocycles. The molecule has 1 atom stereocenters. The van der Waals surface area contributed by atoms with Gasteiger partial charge in [-0.05, 0) is 37.1 Å². The van der Waals surface area contributed by atoms with Crippen molar-refractivity contribution in [3.05, 3.63) is 65.4 Å². The van der Waals surface area contributed by atoms with Gasteiger partial charge in [-0.25, -0.2) is 4.68 Å². The summed E-state index contributed by atoms with van der Waals surface area (Å²) in [5, 5.41) is 14.8. The lowest BCUT2D eigenvalue weighted by atomic mass is 10.0. The van der Waals surface area contributed by atoms with E-state index in [1.54, 1.807) is 50.9 Å². The number of benzene rings is 2. The Bertz CT molecular complexity index is 1400. The van der Waals surface area contributed by atoms with E-state index in [0.29, 0.717) is 78.8 Å². The minimum Gasteiger partial charge on any atom is -0.391 e. The molecule has 0 spiro atoms. The van der Waals surface area contributed by atoms with E-state index in [1.165, 1.54) is 0 Å². The van der Waals surface area contributed by atoms with Crippen LogP contribution in [0.25, 0.3) is 16.9 Å². The van der Waals surface area contributed by atoms with Crippen LogP contribution >= 0.6 is 10.6 Å². The Morgan fingerprint density at radius 2 is 1.76 bits per heavy atom. The highest BCUT2D eigenvalue weighted by Gasteiger charge is 2.37. The summed E-state index contributed by atoms with van der Waals surface area (Å²) in [5.41, 5.74) is 2.90. The summed E-state index contributed by atoms with van der Waals surface area (Å²) in [6, 6.07) is 14.1. The Hall–Kier alpha value is -3.22. The molecule has 1 aromatic heterocycles. The molecule has 1 unspecified atom stereocenters. The average molecular weight is 539 g/mol. The zero-order valence-corrected chi connectivity index (χ0v) is 21.6. The lowest BCUT2D eigenvalue weighted by molar-refractivity contribution is 0.0298. The van der Waals surface area contributed by atoms with Gasteiger partial charge in [0.2, 0.25) is 0 Å². The summed E-state index contributed by atoms with van der Waals surface area (Å²) in [7, 11) is -3.19. The molecule has 0 bridgehead atoms. The van der Waals surface area contributed by atoms with Gasteiger partial charge < -0.3 is 19.6 Å². The number of fused-ring (bicyclic) bond motifs is 3. The summed E-state index contributed by atoms with van der Waals surface area (Å²) < 4.78 is 29.1. The maximum absolute atomic E-state index is 13.6. The van der Waals surface area contributed by atoms with Crippen molar-refractivity contribution in [2.45, 2.75) is 29.6 Å². The molecule has 6 rings (SSSR count). The van der Waals surface area contributed by atoms with Crippen LogP contribution in [0.15, 0.2) is 53.4 Å². The van der Waals surface area contributed by atoms with Gasteiger partial charge in [0.1, 0.15) is 0 Å². The van der Waals surface area contributed by atoms with Gasteiger partial charge in [0.25, 0.3) is 11.8 Å². The van der Waals surface area contributed by atoms with Crippen LogP contribution in [0.1, 0.15) is 39.3 Å². The minimum atomic E-state index is -3.19. The Balaban J connectivity index is 1.47. The number of morpholine rings is 1. The molecule has 3 aromatic rings. The molecular formula is C27H30N4O6S. The van der Waals surface area contributed by atoms with Gasteiger partial charge in [-0.1, -0.05) is 24.3 Å². The molecule has 38 heavy (non-hydrogen) atoms. The Labute approximate surface area is 221 Å². The molecule has 10 nitrogen and oxygen atoms in total. The third kappa shape index (κ3) is 4.40. The molecule has 0 aliphatic carbocycles. The number of hydrogen-bond donors (Lipinski definition) is 3. The lowest BCUT2D eigenvalue weighted by Crippen LogP contribution is -2.42. The van der Waals surface area contributed by atoms with Crippen LogP contribution in [-0.2, 0) is 10.5 Å². The van der Waals surface area contributed by atoms with Gasteiger partial charge in [0.15, 0.2) is 5.69 Å². The van der Waals surface area contributed by atoms with Gasteiger partial charge in [0.05, 0.1) is 41.3 Å². The fourth-order valence-electron chi connectivity index (χ4n) is 5.46. The molecule has 3 N–H and O–H groups in total. The predicted molar refractivity (Wildman–Crippen MR) is 142 cm³/mol. The molecule has 2 amide bonds. The summed E-state index contributed by atoms with van der Waals surface area (Å²) >= 11 is 0. The van der Waals surface area contributed by atoms with E-state index >= 15 is 0 Å². The number of nitrogens with zero attached hydrogens (tertiary/aromatic N) is 4. The number of rotatable bonds is 3. The fourth-order valence-corrected chi connectivity index (χ4v) is 7.10. The van der Waals surface area contributed by atoms with Crippen LogP contribution in [0.3, 0.4) is 0 Å². The predicted octanol–water partition coefficient (Wildman–Crippen LogP) is 3.23. The first-order valence-electron chi connectivity index (χ1n) is 12.8. The molecule has 2 fully saturated rings. The third-order valence-electron chi connectivity index (χ3n) is 7.35. The number of amides is 2. The molecule has 0 saturated carbocycles. The van der Waals surface area contributed by atoms with Crippen molar-refractivity contribution in [3.63, 3.8) is 0 Å². The molecule has 3 aliphatic rings. The first kappa shape index (κ1) is 25.1. The van der Waals surface area contributed by atoms with Crippen LogP contribution in [0.4, 0.5) is 0 Å². The minimum absolute atomic E-state index is 0.116. The number of ether oxygens (including phenoxy) is 1. The zero-order chi connectivity index (χ0) is 26.4. The zero-order valence-electron chi connectivity index (χ0n) is 20.8. The first-order chi connectivity index (χ1) is 18.3. The normalized spacial score (nSPS) is 21.4. The molecule has 2 aromatic carbocycles. The van der Waals surface area contributed by atoms with Crippen LogP contribution in [0, 0.1) is 0 Å². The molecule has 2 saturated heterocycles. The van der Waals surface area contributed by atoms with Gasteiger partial charge >= 0.3 is 0 Å². The summed E-state index contributed by atoms with van der Waals surface area (Å²) in [6.45, 7) is 2.60. The highest BCUT2D eigenvalue weighted by Crippen LogP contribution is 2.59. The van der Waals surface area contributed by atoms with Crippen molar-refractivity contribution >= 4 is 22.4 Å². The number of aromatic nitrogens is 2. The quantitative estimate of drug-likeness (QED) is 0.467. The summed E-state index contributed by atoms with van der Waals surface area (Å²) in [4.78, 5) is 30.6. The molecule has 11 heteroatoms. The van der Waals surface area contributed by atoms with E-state index in [9.17, 15) is 23.8 Å². The van der Waals surface area contributed by atoms with Gasteiger partial charge in [-0.15, -0.1) is 0 Å². The second-order valence-corrected chi connectivity index (χ2v) is 12.0. The van der Waals surface area contributed by atoms with Gasteiger partial charge in [0, 0.05) is 42.9 Å². The van der Waals surface area contributed by atoms with E-state index in [2.05, 4.69) is 0 Å². The lowest BCUT2D eigenvalue weighted by Gasteiger charge is -2.38. The first-order valence-corrected chi connectivity index (χ1v) is 14.5. The third-order valence-corrected chi connectivity index (χ3v) is 9.10. The number of aliphatic hydroxyl groups excluding tert-OH is 1. The molecular weight excluding hydrogens is 508 g/mol. The maximum atomic E-state index is 13.6. The van der Waals surface area contributed by atoms with Crippen molar-refractivity contribution in [2.24, 2.45) is 0 Å². The number of hydrogen-bond acceptors (Lipinski definition) is 7.